The van der Waals surface area contributed by atoms with Crippen molar-refractivity contribution in [2.24, 2.45) is 17.3 Å². The largest absolute Gasteiger partial charge is 0.357 e. The molecule has 0 aliphatic rings. The van der Waals surface area contributed by atoms with Gasteiger partial charge < -0.3 is 15.6 Å². The monoisotopic (exact) mass is 538 g/mol. The topological polar surface area (TPSA) is 199 Å². The van der Waals surface area contributed by atoms with E-state index in [0.29, 0.717) is 0 Å². The molecule has 13 nitrogen and oxygen atoms in total. The van der Waals surface area contributed by atoms with Gasteiger partial charge in [0.2, 0.25) is 21.8 Å². The number of H-pyrrole nitrogens is 1. The Bertz CT molecular complexity index is 1320. The number of amides is 3. The Balaban J connectivity index is 2.56. The van der Waals surface area contributed by atoms with Gasteiger partial charge in [-0.05, 0) is 29.9 Å². The lowest BCUT2D eigenvalue weighted by atomic mass is 9.84. The lowest BCUT2D eigenvalue weighted by molar-refractivity contribution is -0.139. The quantitative estimate of drug-likeness (QED) is 0.179. The zero-order valence-corrected chi connectivity index (χ0v) is 22.4. The van der Waals surface area contributed by atoms with Gasteiger partial charge >= 0.3 is 0 Å². The van der Waals surface area contributed by atoms with E-state index in [2.05, 4.69) is 25.3 Å². The number of likely N-dealkylation sites (N-methyl/N-ethyl adjacent to an activating group) is 1. The molecule has 204 valence electrons. The molecule has 0 aliphatic heterocycles. The van der Waals surface area contributed by atoms with E-state index >= 15 is 0 Å². The van der Waals surface area contributed by atoms with E-state index in [1.807, 2.05) is 0 Å². The highest BCUT2D eigenvalue weighted by Gasteiger charge is 2.41. The number of hydrogen-bond acceptors (Lipinski definition) is 8. The molecule has 14 heteroatoms. The zero-order chi connectivity index (χ0) is 28.1. The molecular weight excluding hydrogens is 504 g/mol. The summed E-state index contributed by atoms with van der Waals surface area (Å²) in [6.45, 7) is 8.74. The minimum atomic E-state index is -4.55. The summed E-state index contributed by atoms with van der Waals surface area (Å²) < 4.78 is 29.0. The molecule has 1 aromatic carbocycles. The lowest BCUT2D eigenvalue weighted by Gasteiger charge is -2.33. The second-order valence-electron chi connectivity index (χ2n) is 10.1. The van der Waals surface area contributed by atoms with Gasteiger partial charge in [-0.3, -0.25) is 24.4 Å². The summed E-state index contributed by atoms with van der Waals surface area (Å²) >= 11 is 0. The number of nitrogens with one attached hydrogen (secondary N) is 5. The predicted molar refractivity (Wildman–Crippen MR) is 135 cm³/mol. The molecule has 6 N–H and O–H groups in total. The number of aromatic amines is 1. The first kappa shape index (κ1) is 29.9. The van der Waals surface area contributed by atoms with Crippen LogP contribution in [-0.2, 0) is 24.4 Å². The van der Waals surface area contributed by atoms with Crippen molar-refractivity contribution in [1.82, 2.24) is 30.8 Å². The third-order valence-corrected chi connectivity index (χ3v) is 7.20. The molecule has 1 heterocycles. The molecule has 0 spiro atoms. The van der Waals surface area contributed by atoms with Crippen LogP contribution in [0.4, 0.5) is 0 Å². The van der Waals surface area contributed by atoms with E-state index in [9.17, 15) is 32.8 Å². The van der Waals surface area contributed by atoms with Crippen LogP contribution in [-0.4, -0.2) is 60.4 Å². The standard InChI is InChI=1S/C23H34N6O7S/c1-12(2)10-14(20(31)27-18(22(33)24-6)23(3,4)5)17(21(32)28-34)29-37(35,36)15-9-7-8-13-16(15)25-11-26-19(13)30/h7-9,11-12,14,17-18,29,34H,10H2,1-6H3,(H,24,33)(H,27,31)(H,28,32)(H,25,26,30)/t14-,17+,18-/m0/s1. The van der Waals surface area contributed by atoms with Crippen molar-refractivity contribution in [2.75, 3.05) is 7.05 Å². The molecule has 2 rings (SSSR count). The third-order valence-electron chi connectivity index (χ3n) is 5.72. The minimum absolute atomic E-state index is 0.00334. The molecule has 37 heavy (non-hydrogen) atoms. The molecule has 0 unspecified atom stereocenters. The Morgan fingerprint density at radius 2 is 1.76 bits per heavy atom. The number of sulfonamides is 1. The van der Waals surface area contributed by atoms with Crippen molar-refractivity contribution in [1.29, 1.82) is 0 Å². The van der Waals surface area contributed by atoms with E-state index in [1.54, 1.807) is 34.6 Å². The number of rotatable bonds is 10. The third kappa shape index (κ3) is 7.11. The fourth-order valence-electron chi connectivity index (χ4n) is 3.88. The Labute approximate surface area is 214 Å². The molecule has 3 amide bonds. The van der Waals surface area contributed by atoms with Crippen molar-refractivity contribution in [2.45, 2.75) is 58.0 Å². The average Bonchev–Trinajstić information content (AvgIpc) is 2.82. The van der Waals surface area contributed by atoms with Crippen LogP contribution < -0.4 is 26.4 Å². The van der Waals surface area contributed by atoms with Crippen LogP contribution in [0.3, 0.4) is 0 Å². The van der Waals surface area contributed by atoms with Crippen molar-refractivity contribution in [3.05, 3.63) is 34.9 Å². The summed E-state index contributed by atoms with van der Waals surface area (Å²) in [4.78, 5) is 56.7. The van der Waals surface area contributed by atoms with Gasteiger partial charge in [-0.15, -0.1) is 0 Å². The maximum absolute atomic E-state index is 13.5. The van der Waals surface area contributed by atoms with Gasteiger partial charge in [0.25, 0.3) is 11.5 Å². The number of carbonyl (C=O) groups is 3. The maximum Gasteiger partial charge on any atom is 0.262 e. The Morgan fingerprint density at radius 3 is 2.30 bits per heavy atom. The molecule has 0 saturated heterocycles. The second-order valence-corrected chi connectivity index (χ2v) is 11.8. The van der Waals surface area contributed by atoms with Crippen LogP contribution in [0.1, 0.15) is 41.0 Å². The molecule has 1 aromatic heterocycles. The van der Waals surface area contributed by atoms with Crippen molar-refractivity contribution >= 4 is 38.6 Å². The summed E-state index contributed by atoms with van der Waals surface area (Å²) in [6.07, 6.45) is 1.08. The Morgan fingerprint density at radius 1 is 1.11 bits per heavy atom. The van der Waals surface area contributed by atoms with Gasteiger partial charge in [-0.2, -0.15) is 4.72 Å². The number of aromatic nitrogens is 2. The van der Waals surface area contributed by atoms with Gasteiger partial charge in [0, 0.05) is 7.05 Å². The maximum atomic E-state index is 13.5. The first-order valence-corrected chi connectivity index (χ1v) is 13.1. The van der Waals surface area contributed by atoms with Gasteiger partial charge in [0.15, 0.2) is 0 Å². The molecule has 0 radical (unpaired) electrons. The number of benzene rings is 1. The molecule has 0 bridgehead atoms. The van der Waals surface area contributed by atoms with Gasteiger partial charge in [0.05, 0.1) is 23.1 Å². The number of carbonyl (C=O) groups excluding carboxylic acids is 3. The fourth-order valence-corrected chi connectivity index (χ4v) is 5.29. The van der Waals surface area contributed by atoms with Crippen LogP contribution in [0, 0.1) is 17.3 Å². The van der Waals surface area contributed by atoms with Crippen molar-refractivity contribution < 1.29 is 28.0 Å². The second kappa shape index (κ2) is 11.8. The molecule has 3 atom stereocenters. The Kier molecular flexibility index (Phi) is 9.52. The van der Waals surface area contributed by atoms with E-state index in [1.165, 1.54) is 30.7 Å². The Hall–Kier alpha value is -3.36. The van der Waals surface area contributed by atoms with E-state index in [4.69, 9.17) is 0 Å². The molecule has 0 aliphatic carbocycles. The smallest absolute Gasteiger partial charge is 0.262 e. The average molecular weight is 539 g/mol. The number of hydroxylamine groups is 1. The number of para-hydroxylation sites is 1. The predicted octanol–water partition coefficient (Wildman–Crippen LogP) is 0.0146. The summed E-state index contributed by atoms with van der Waals surface area (Å²) in [7, 11) is -3.13. The lowest BCUT2D eigenvalue weighted by Crippen LogP contribution is -2.59. The summed E-state index contributed by atoms with van der Waals surface area (Å²) in [5.41, 5.74) is -0.00190. The van der Waals surface area contributed by atoms with Gasteiger partial charge in [0.1, 0.15) is 17.0 Å². The summed E-state index contributed by atoms with van der Waals surface area (Å²) in [6, 6.07) is 1.16. The van der Waals surface area contributed by atoms with Crippen LogP contribution in [0.5, 0.6) is 0 Å². The molecule has 0 saturated carbocycles. The number of nitrogens with zero attached hydrogens (tertiary/aromatic N) is 1. The van der Waals surface area contributed by atoms with Gasteiger partial charge in [-0.25, -0.2) is 18.9 Å². The minimum Gasteiger partial charge on any atom is -0.357 e. The number of hydrogen-bond donors (Lipinski definition) is 6. The highest BCUT2D eigenvalue weighted by atomic mass is 32.2. The first-order valence-electron chi connectivity index (χ1n) is 11.6. The van der Waals surface area contributed by atoms with Crippen LogP contribution >= 0.6 is 0 Å². The van der Waals surface area contributed by atoms with Crippen LogP contribution in [0.25, 0.3) is 10.9 Å². The van der Waals surface area contributed by atoms with Gasteiger partial charge in [-0.1, -0.05) is 40.7 Å². The van der Waals surface area contributed by atoms with Crippen LogP contribution in [0.2, 0.25) is 0 Å². The summed E-state index contributed by atoms with van der Waals surface area (Å²) in [5, 5.41) is 14.5. The van der Waals surface area contributed by atoms with E-state index < -0.39 is 61.6 Å². The van der Waals surface area contributed by atoms with E-state index in [0.717, 1.165) is 6.33 Å². The summed E-state index contributed by atoms with van der Waals surface area (Å²) in [5.74, 6) is -3.91. The molecule has 2 aromatic rings. The van der Waals surface area contributed by atoms with Crippen molar-refractivity contribution in [3.63, 3.8) is 0 Å². The van der Waals surface area contributed by atoms with E-state index in [-0.39, 0.29) is 23.2 Å². The zero-order valence-electron chi connectivity index (χ0n) is 21.6. The number of fused-ring (bicyclic) bond motifs is 1. The highest BCUT2D eigenvalue weighted by molar-refractivity contribution is 7.89. The normalized spacial score (nSPS) is 14.6. The highest BCUT2D eigenvalue weighted by Crippen LogP contribution is 2.24. The van der Waals surface area contributed by atoms with Crippen molar-refractivity contribution in [3.8, 4) is 0 Å². The molecular formula is C23H34N6O7S. The molecule has 0 fully saturated rings. The fraction of sp³-hybridized carbons (Fsp3) is 0.522. The van der Waals surface area contributed by atoms with Crippen LogP contribution in [0.15, 0.2) is 34.2 Å². The SMILES string of the molecule is CNC(=O)[C@H](NC(=O)[C@@H](CC(C)C)[C@@H](NS(=O)(=O)c1cccc2c(=O)[nH]cnc12)C(=O)NO)C(C)(C)C. The first-order chi connectivity index (χ1) is 17.1.